The Balaban J connectivity index is 1.54. The van der Waals surface area contributed by atoms with Crippen LogP contribution in [0.2, 0.25) is 0 Å². The molecule has 0 saturated carbocycles. The number of nitrogens with zero attached hydrogens (tertiary/aromatic N) is 4. The summed E-state index contributed by atoms with van der Waals surface area (Å²) in [7, 11) is 0. The zero-order valence-electron chi connectivity index (χ0n) is 14.0. The molecule has 128 valence electrons. The standard InChI is InChI=1S/C18H24N4O2/c19-14-15-4-1-8-20-18(15)22-10-3-9-21(11-12-22)17(23)7-6-16-5-2-13-24-16/h1,4,8,16H,2-3,5-7,9-13H2/t16-/m1/s1. The number of anilines is 1. The van der Waals surface area contributed by atoms with Crippen LogP contribution < -0.4 is 4.90 Å². The van der Waals surface area contributed by atoms with E-state index in [2.05, 4.69) is 16.0 Å². The van der Waals surface area contributed by atoms with Crippen LogP contribution in [0.1, 0.15) is 37.7 Å². The van der Waals surface area contributed by atoms with Gasteiger partial charge >= 0.3 is 0 Å². The molecule has 6 heteroatoms. The van der Waals surface area contributed by atoms with Crippen molar-refractivity contribution in [2.24, 2.45) is 0 Å². The molecule has 0 aromatic carbocycles. The summed E-state index contributed by atoms with van der Waals surface area (Å²) in [6.07, 6.45) is 6.47. The zero-order valence-corrected chi connectivity index (χ0v) is 14.0. The number of pyridine rings is 1. The zero-order chi connectivity index (χ0) is 16.8. The Morgan fingerprint density at radius 2 is 2.25 bits per heavy atom. The molecule has 24 heavy (non-hydrogen) atoms. The van der Waals surface area contributed by atoms with Crippen LogP contribution in [-0.4, -0.2) is 54.7 Å². The lowest BCUT2D eigenvalue weighted by Gasteiger charge is -2.23. The van der Waals surface area contributed by atoms with Gasteiger partial charge in [0, 0.05) is 45.4 Å². The van der Waals surface area contributed by atoms with E-state index in [0.29, 0.717) is 18.5 Å². The van der Waals surface area contributed by atoms with E-state index in [9.17, 15) is 10.1 Å². The Morgan fingerprint density at radius 1 is 1.33 bits per heavy atom. The van der Waals surface area contributed by atoms with Crippen molar-refractivity contribution in [3.8, 4) is 6.07 Å². The number of rotatable bonds is 4. The number of hydrogen-bond acceptors (Lipinski definition) is 5. The topological polar surface area (TPSA) is 69.5 Å². The van der Waals surface area contributed by atoms with Crippen molar-refractivity contribution in [3.63, 3.8) is 0 Å². The average Bonchev–Trinajstić information content (AvgIpc) is 3.02. The molecule has 3 heterocycles. The fraction of sp³-hybridized carbons (Fsp3) is 0.611. The van der Waals surface area contributed by atoms with E-state index in [0.717, 1.165) is 57.7 Å². The van der Waals surface area contributed by atoms with Crippen molar-refractivity contribution in [3.05, 3.63) is 23.9 Å². The number of nitriles is 1. The molecule has 0 unspecified atom stereocenters. The minimum Gasteiger partial charge on any atom is -0.378 e. The van der Waals surface area contributed by atoms with Crippen molar-refractivity contribution >= 4 is 11.7 Å². The Kier molecular flexibility index (Phi) is 5.65. The molecular formula is C18H24N4O2. The van der Waals surface area contributed by atoms with Crippen molar-refractivity contribution in [1.82, 2.24) is 9.88 Å². The molecule has 1 atom stereocenters. The lowest BCUT2D eigenvalue weighted by atomic mass is 10.1. The van der Waals surface area contributed by atoms with Gasteiger partial charge in [-0.1, -0.05) is 0 Å². The van der Waals surface area contributed by atoms with E-state index >= 15 is 0 Å². The highest BCUT2D eigenvalue weighted by Gasteiger charge is 2.23. The highest BCUT2D eigenvalue weighted by atomic mass is 16.5. The van der Waals surface area contributed by atoms with Gasteiger partial charge in [-0.15, -0.1) is 0 Å². The predicted octanol–water partition coefficient (Wildman–Crippen LogP) is 1.95. The first-order valence-corrected chi connectivity index (χ1v) is 8.77. The molecule has 1 aromatic rings. The van der Waals surface area contributed by atoms with Gasteiger partial charge in [-0.25, -0.2) is 4.98 Å². The maximum absolute atomic E-state index is 12.5. The van der Waals surface area contributed by atoms with Crippen LogP contribution in [-0.2, 0) is 9.53 Å². The van der Waals surface area contributed by atoms with Crippen molar-refractivity contribution in [1.29, 1.82) is 5.26 Å². The average molecular weight is 328 g/mol. The lowest BCUT2D eigenvalue weighted by Crippen LogP contribution is -2.35. The third kappa shape index (κ3) is 4.04. The molecule has 0 spiro atoms. The van der Waals surface area contributed by atoms with Gasteiger partial charge in [-0.05, 0) is 37.8 Å². The van der Waals surface area contributed by atoms with Crippen molar-refractivity contribution in [2.45, 2.75) is 38.2 Å². The second-order valence-electron chi connectivity index (χ2n) is 6.38. The maximum atomic E-state index is 12.5. The fourth-order valence-corrected chi connectivity index (χ4v) is 3.43. The third-order valence-electron chi connectivity index (χ3n) is 4.76. The minimum atomic E-state index is 0.217. The molecule has 0 aliphatic carbocycles. The molecule has 2 fully saturated rings. The van der Waals surface area contributed by atoms with Crippen LogP contribution in [0.15, 0.2) is 18.3 Å². The van der Waals surface area contributed by atoms with Gasteiger partial charge in [0.25, 0.3) is 0 Å². The second kappa shape index (κ2) is 8.11. The molecule has 2 aliphatic rings. The van der Waals surface area contributed by atoms with Crippen LogP contribution in [0.4, 0.5) is 5.82 Å². The number of ether oxygens (including phenoxy) is 1. The van der Waals surface area contributed by atoms with E-state index in [1.807, 2.05) is 4.90 Å². The number of amides is 1. The molecule has 2 saturated heterocycles. The first kappa shape index (κ1) is 16.7. The van der Waals surface area contributed by atoms with Gasteiger partial charge in [0.2, 0.25) is 5.91 Å². The predicted molar refractivity (Wildman–Crippen MR) is 90.6 cm³/mol. The van der Waals surface area contributed by atoms with Gasteiger partial charge in [0.1, 0.15) is 11.9 Å². The third-order valence-corrected chi connectivity index (χ3v) is 4.76. The van der Waals surface area contributed by atoms with Gasteiger partial charge < -0.3 is 14.5 Å². The van der Waals surface area contributed by atoms with Crippen molar-refractivity contribution in [2.75, 3.05) is 37.7 Å². The molecule has 1 aromatic heterocycles. The summed E-state index contributed by atoms with van der Waals surface area (Å²) in [6, 6.07) is 5.77. The summed E-state index contributed by atoms with van der Waals surface area (Å²) in [4.78, 5) is 20.9. The van der Waals surface area contributed by atoms with E-state index in [4.69, 9.17) is 4.74 Å². The molecule has 3 rings (SSSR count). The number of aromatic nitrogens is 1. The van der Waals surface area contributed by atoms with E-state index in [1.165, 1.54) is 0 Å². The van der Waals surface area contributed by atoms with Crippen LogP contribution in [0, 0.1) is 11.3 Å². The molecule has 0 bridgehead atoms. The van der Waals surface area contributed by atoms with Gasteiger partial charge in [-0.2, -0.15) is 5.26 Å². The number of hydrogen-bond donors (Lipinski definition) is 0. The molecular weight excluding hydrogens is 304 g/mol. The quantitative estimate of drug-likeness (QED) is 0.845. The maximum Gasteiger partial charge on any atom is 0.222 e. The first-order valence-electron chi connectivity index (χ1n) is 8.77. The number of carbonyl (C=O) groups is 1. The van der Waals surface area contributed by atoms with Gasteiger partial charge in [0.05, 0.1) is 11.7 Å². The SMILES string of the molecule is N#Cc1cccnc1N1CCCN(C(=O)CC[C@H]2CCCO2)CC1. The minimum absolute atomic E-state index is 0.217. The number of carbonyl (C=O) groups excluding carboxylic acids is 1. The highest BCUT2D eigenvalue weighted by molar-refractivity contribution is 5.76. The molecule has 0 radical (unpaired) electrons. The van der Waals surface area contributed by atoms with E-state index < -0.39 is 0 Å². The summed E-state index contributed by atoms with van der Waals surface area (Å²) in [5.41, 5.74) is 0.593. The largest absolute Gasteiger partial charge is 0.378 e. The first-order chi connectivity index (χ1) is 11.8. The Morgan fingerprint density at radius 3 is 3.04 bits per heavy atom. The van der Waals surface area contributed by atoms with Crippen LogP contribution >= 0.6 is 0 Å². The summed E-state index contributed by atoms with van der Waals surface area (Å²) in [5.74, 6) is 0.947. The Labute approximate surface area is 143 Å². The fourth-order valence-electron chi connectivity index (χ4n) is 3.43. The Bertz CT molecular complexity index is 607. The smallest absolute Gasteiger partial charge is 0.222 e. The van der Waals surface area contributed by atoms with Crippen LogP contribution in [0.25, 0.3) is 0 Å². The van der Waals surface area contributed by atoms with E-state index in [-0.39, 0.29) is 12.0 Å². The second-order valence-corrected chi connectivity index (χ2v) is 6.38. The van der Waals surface area contributed by atoms with Gasteiger partial charge in [-0.3, -0.25) is 4.79 Å². The summed E-state index contributed by atoms with van der Waals surface area (Å²) in [5, 5.41) is 9.24. The molecule has 2 aliphatic heterocycles. The summed E-state index contributed by atoms with van der Waals surface area (Å²) >= 11 is 0. The van der Waals surface area contributed by atoms with Crippen LogP contribution in [0.5, 0.6) is 0 Å². The van der Waals surface area contributed by atoms with Crippen molar-refractivity contribution < 1.29 is 9.53 Å². The highest BCUT2D eigenvalue weighted by Crippen LogP contribution is 2.20. The monoisotopic (exact) mass is 328 g/mol. The summed E-state index contributed by atoms with van der Waals surface area (Å²) in [6.45, 7) is 3.84. The molecule has 1 amide bonds. The van der Waals surface area contributed by atoms with Gasteiger partial charge in [0.15, 0.2) is 0 Å². The summed E-state index contributed by atoms with van der Waals surface area (Å²) < 4.78 is 5.60. The van der Waals surface area contributed by atoms with Crippen LogP contribution in [0.3, 0.4) is 0 Å². The van der Waals surface area contributed by atoms with E-state index in [1.54, 1.807) is 18.3 Å². The Hall–Kier alpha value is -2.13. The lowest BCUT2D eigenvalue weighted by molar-refractivity contribution is -0.131. The molecule has 0 N–H and O–H groups in total. The normalized spacial score (nSPS) is 21.4. The molecule has 6 nitrogen and oxygen atoms in total.